The number of aryl methyl sites for hydroxylation is 1. The van der Waals surface area contributed by atoms with Gasteiger partial charge in [-0.1, -0.05) is 30.3 Å². The van der Waals surface area contributed by atoms with Gasteiger partial charge in [0.05, 0.1) is 6.54 Å². The summed E-state index contributed by atoms with van der Waals surface area (Å²) in [5, 5.41) is 10.8. The minimum absolute atomic E-state index is 0.0824. The van der Waals surface area contributed by atoms with Crippen molar-refractivity contribution < 1.29 is 9.18 Å². The highest BCUT2D eigenvalue weighted by atomic mass is 32.1. The second-order valence-corrected chi connectivity index (χ2v) is 8.24. The summed E-state index contributed by atoms with van der Waals surface area (Å²) in [5.74, 6) is 0.376. The zero-order valence-electron chi connectivity index (χ0n) is 16.8. The lowest BCUT2D eigenvalue weighted by atomic mass is 10.0. The standard InChI is InChI=1S/C23H22FN5OS/c24-15-6-10-19-18(12-15)17(22(26-19)14-4-2-1-3-5-14)9-11-21(30)25-13-20-27-28-23(31)29(20)16-7-8-16/h1-6,10,12,16,26H,7-9,11,13H2,(H,25,30)(H,28,31). The number of benzene rings is 2. The van der Waals surface area contributed by atoms with Crippen LogP contribution in [0.3, 0.4) is 0 Å². The summed E-state index contributed by atoms with van der Waals surface area (Å²) in [6, 6.07) is 15.0. The Hall–Kier alpha value is -3.26. The van der Waals surface area contributed by atoms with E-state index in [2.05, 4.69) is 20.5 Å². The lowest BCUT2D eigenvalue weighted by Crippen LogP contribution is -2.25. The Morgan fingerprint density at radius 3 is 2.81 bits per heavy atom. The third-order valence-electron chi connectivity index (χ3n) is 5.67. The van der Waals surface area contributed by atoms with Crippen LogP contribution in [-0.4, -0.2) is 25.7 Å². The average molecular weight is 436 g/mol. The third kappa shape index (κ3) is 4.03. The van der Waals surface area contributed by atoms with Crippen LogP contribution < -0.4 is 5.32 Å². The Balaban J connectivity index is 1.34. The van der Waals surface area contributed by atoms with Gasteiger partial charge in [0, 0.05) is 29.1 Å². The van der Waals surface area contributed by atoms with Gasteiger partial charge in [0.2, 0.25) is 5.91 Å². The van der Waals surface area contributed by atoms with Crippen molar-refractivity contribution >= 4 is 29.0 Å². The largest absolute Gasteiger partial charge is 0.354 e. The summed E-state index contributed by atoms with van der Waals surface area (Å²) in [6.45, 7) is 0.330. The van der Waals surface area contributed by atoms with Gasteiger partial charge in [-0.15, -0.1) is 0 Å². The number of nitrogens with zero attached hydrogens (tertiary/aromatic N) is 2. The highest BCUT2D eigenvalue weighted by molar-refractivity contribution is 7.71. The molecule has 0 saturated heterocycles. The van der Waals surface area contributed by atoms with Gasteiger partial charge in [0.15, 0.2) is 10.6 Å². The molecule has 2 aromatic carbocycles. The van der Waals surface area contributed by atoms with E-state index in [4.69, 9.17) is 12.2 Å². The molecule has 0 radical (unpaired) electrons. The van der Waals surface area contributed by atoms with E-state index in [9.17, 15) is 9.18 Å². The molecule has 2 heterocycles. The normalized spacial score (nSPS) is 13.6. The fourth-order valence-corrected chi connectivity index (χ4v) is 4.31. The van der Waals surface area contributed by atoms with Crippen LogP contribution in [0.5, 0.6) is 0 Å². The van der Waals surface area contributed by atoms with E-state index in [-0.39, 0.29) is 18.1 Å². The van der Waals surface area contributed by atoms with Crippen LogP contribution in [0.25, 0.3) is 22.2 Å². The molecule has 0 atom stereocenters. The number of carbonyl (C=O) groups is 1. The van der Waals surface area contributed by atoms with Gasteiger partial charge >= 0.3 is 0 Å². The molecule has 1 amide bonds. The van der Waals surface area contributed by atoms with E-state index >= 15 is 0 Å². The first-order valence-electron chi connectivity index (χ1n) is 10.4. The van der Waals surface area contributed by atoms with Gasteiger partial charge < -0.3 is 10.3 Å². The van der Waals surface area contributed by atoms with Gasteiger partial charge in [-0.3, -0.25) is 14.5 Å². The second-order valence-electron chi connectivity index (χ2n) is 7.86. The van der Waals surface area contributed by atoms with Crippen molar-refractivity contribution in [3.05, 3.63) is 70.5 Å². The first-order valence-corrected chi connectivity index (χ1v) is 10.8. The average Bonchev–Trinajstić information content (AvgIpc) is 3.45. The lowest BCUT2D eigenvalue weighted by molar-refractivity contribution is -0.121. The summed E-state index contributed by atoms with van der Waals surface area (Å²) in [4.78, 5) is 16.0. The summed E-state index contributed by atoms with van der Waals surface area (Å²) in [5.41, 5.74) is 3.73. The van der Waals surface area contributed by atoms with Crippen molar-refractivity contribution in [3.8, 4) is 11.3 Å². The van der Waals surface area contributed by atoms with Crippen molar-refractivity contribution in [2.75, 3.05) is 0 Å². The molecule has 3 N–H and O–H groups in total. The van der Waals surface area contributed by atoms with Gasteiger partial charge in [0.1, 0.15) is 5.82 Å². The van der Waals surface area contributed by atoms with Crippen molar-refractivity contribution in [1.82, 2.24) is 25.1 Å². The van der Waals surface area contributed by atoms with Crippen molar-refractivity contribution in [1.29, 1.82) is 0 Å². The molecule has 0 bridgehead atoms. The number of nitrogens with one attached hydrogen (secondary N) is 3. The zero-order chi connectivity index (χ0) is 21.4. The monoisotopic (exact) mass is 435 g/mol. The van der Waals surface area contributed by atoms with E-state index in [1.165, 1.54) is 12.1 Å². The summed E-state index contributed by atoms with van der Waals surface area (Å²) >= 11 is 5.29. The van der Waals surface area contributed by atoms with Crippen LogP contribution in [0.4, 0.5) is 4.39 Å². The molecule has 158 valence electrons. The first-order chi connectivity index (χ1) is 15.1. The molecular weight excluding hydrogens is 413 g/mol. The fourth-order valence-electron chi connectivity index (χ4n) is 4.01. The van der Waals surface area contributed by atoms with E-state index in [0.717, 1.165) is 46.4 Å². The molecule has 2 aromatic heterocycles. The molecule has 1 aliphatic rings. The van der Waals surface area contributed by atoms with Crippen molar-refractivity contribution in [2.24, 2.45) is 0 Å². The number of carbonyl (C=O) groups excluding carboxylic acids is 1. The van der Waals surface area contributed by atoms with Crippen molar-refractivity contribution in [3.63, 3.8) is 0 Å². The Morgan fingerprint density at radius 1 is 1.23 bits per heavy atom. The highest BCUT2D eigenvalue weighted by Crippen LogP contribution is 2.35. The number of amides is 1. The molecule has 0 aliphatic heterocycles. The summed E-state index contributed by atoms with van der Waals surface area (Å²) < 4.78 is 16.5. The smallest absolute Gasteiger partial charge is 0.220 e. The van der Waals surface area contributed by atoms with E-state index in [0.29, 0.717) is 23.8 Å². The van der Waals surface area contributed by atoms with Gasteiger partial charge in [-0.2, -0.15) is 5.10 Å². The van der Waals surface area contributed by atoms with E-state index in [1.807, 2.05) is 34.9 Å². The van der Waals surface area contributed by atoms with Crippen LogP contribution in [0, 0.1) is 10.6 Å². The second kappa shape index (κ2) is 8.11. The Bertz CT molecular complexity index is 1300. The van der Waals surface area contributed by atoms with Crippen LogP contribution in [0.2, 0.25) is 0 Å². The Morgan fingerprint density at radius 2 is 2.03 bits per heavy atom. The zero-order valence-corrected chi connectivity index (χ0v) is 17.6. The number of aromatic nitrogens is 4. The van der Waals surface area contributed by atoms with Gasteiger partial charge in [0.25, 0.3) is 0 Å². The molecule has 31 heavy (non-hydrogen) atoms. The molecule has 0 spiro atoms. The number of H-pyrrole nitrogens is 2. The van der Waals surface area contributed by atoms with Crippen LogP contribution in [-0.2, 0) is 17.8 Å². The molecule has 1 aliphatic carbocycles. The quantitative estimate of drug-likeness (QED) is 0.365. The number of hydrogen-bond acceptors (Lipinski definition) is 3. The maximum atomic E-state index is 13.9. The molecule has 1 saturated carbocycles. The van der Waals surface area contributed by atoms with Gasteiger partial charge in [-0.25, -0.2) is 4.39 Å². The number of rotatable bonds is 7. The minimum Gasteiger partial charge on any atom is -0.354 e. The van der Waals surface area contributed by atoms with Gasteiger partial charge in [-0.05, 0) is 60.8 Å². The van der Waals surface area contributed by atoms with Crippen LogP contribution in [0.15, 0.2) is 48.5 Å². The number of halogens is 1. The maximum Gasteiger partial charge on any atom is 0.220 e. The third-order valence-corrected chi connectivity index (χ3v) is 5.95. The number of aromatic amines is 2. The summed E-state index contributed by atoms with van der Waals surface area (Å²) in [6.07, 6.45) is 2.97. The number of hydrogen-bond donors (Lipinski definition) is 3. The molecular formula is C23H22FN5OS. The molecule has 4 aromatic rings. The maximum absolute atomic E-state index is 13.9. The van der Waals surface area contributed by atoms with Crippen LogP contribution >= 0.6 is 12.2 Å². The lowest BCUT2D eigenvalue weighted by Gasteiger charge is -2.08. The van der Waals surface area contributed by atoms with E-state index in [1.54, 1.807) is 6.07 Å². The molecule has 1 fully saturated rings. The fraction of sp³-hybridized carbons (Fsp3) is 0.261. The SMILES string of the molecule is O=C(CCc1c(-c2ccccc2)[nH]c2ccc(F)cc12)NCc1n[nH]c(=S)n1C1CC1. The molecule has 8 heteroatoms. The predicted molar refractivity (Wildman–Crippen MR) is 120 cm³/mol. The molecule has 0 unspecified atom stereocenters. The Kier molecular flexibility index (Phi) is 5.15. The number of fused-ring (bicyclic) bond motifs is 1. The Labute approximate surface area is 183 Å². The highest BCUT2D eigenvalue weighted by Gasteiger charge is 2.27. The van der Waals surface area contributed by atoms with Crippen LogP contribution in [0.1, 0.15) is 36.7 Å². The minimum atomic E-state index is -0.292. The van der Waals surface area contributed by atoms with E-state index < -0.39 is 0 Å². The topological polar surface area (TPSA) is 78.5 Å². The summed E-state index contributed by atoms with van der Waals surface area (Å²) in [7, 11) is 0. The first kappa shape index (κ1) is 19.7. The molecule has 5 rings (SSSR count). The van der Waals surface area contributed by atoms with Crippen molar-refractivity contribution in [2.45, 2.75) is 38.3 Å². The predicted octanol–water partition coefficient (Wildman–Crippen LogP) is 4.81. The molecule has 6 nitrogen and oxygen atoms in total.